The quantitative estimate of drug-likeness (QED) is 0.606. The summed E-state index contributed by atoms with van der Waals surface area (Å²) in [4.78, 5) is 25.0. The van der Waals surface area contributed by atoms with Gasteiger partial charge in [0.05, 0.1) is 12.7 Å². The fraction of sp³-hybridized carbons (Fsp3) is 0.211. The third-order valence-corrected chi connectivity index (χ3v) is 3.60. The molecule has 116 valence electrons. The van der Waals surface area contributed by atoms with Crippen molar-refractivity contribution in [2.45, 2.75) is 18.8 Å². The molecule has 0 aromatic heterocycles. The number of benzene rings is 2. The van der Waals surface area contributed by atoms with Crippen LogP contribution in [0, 0.1) is 11.3 Å². The molecule has 1 atom stereocenters. The lowest BCUT2D eigenvalue weighted by atomic mass is 9.76. The number of ether oxygens (including phenoxy) is 1. The molecule has 0 fully saturated rings. The van der Waals surface area contributed by atoms with Crippen LogP contribution in [0.4, 0.5) is 0 Å². The summed E-state index contributed by atoms with van der Waals surface area (Å²) < 4.78 is 5.08. The molecule has 0 amide bonds. The number of rotatable bonds is 6. The van der Waals surface area contributed by atoms with Gasteiger partial charge >= 0.3 is 5.97 Å². The first kappa shape index (κ1) is 16.4. The second-order valence-corrected chi connectivity index (χ2v) is 5.07. The van der Waals surface area contributed by atoms with Crippen LogP contribution >= 0.6 is 0 Å². The van der Waals surface area contributed by atoms with Crippen molar-refractivity contribution in [2.24, 2.45) is 0 Å². The number of esters is 1. The smallest absolute Gasteiger partial charge is 0.331 e. The van der Waals surface area contributed by atoms with Crippen LogP contribution in [-0.2, 0) is 14.9 Å². The zero-order valence-corrected chi connectivity index (χ0v) is 12.9. The predicted molar refractivity (Wildman–Crippen MR) is 85.8 cm³/mol. The topological polar surface area (TPSA) is 67.2 Å². The minimum Gasteiger partial charge on any atom is -0.465 e. The second-order valence-electron chi connectivity index (χ2n) is 5.07. The highest BCUT2D eigenvalue weighted by molar-refractivity contribution is 6.02. The van der Waals surface area contributed by atoms with E-state index in [-0.39, 0.29) is 18.8 Å². The molecule has 0 spiro atoms. The van der Waals surface area contributed by atoms with Crippen LogP contribution in [0.5, 0.6) is 0 Å². The van der Waals surface area contributed by atoms with E-state index in [1.165, 1.54) is 0 Å². The average Bonchev–Trinajstić information content (AvgIpc) is 2.61. The number of nitrogens with zero attached hydrogens (tertiary/aromatic N) is 1. The van der Waals surface area contributed by atoms with Crippen molar-refractivity contribution in [3.05, 3.63) is 71.8 Å². The summed E-state index contributed by atoms with van der Waals surface area (Å²) in [5, 5.41) is 9.72. The maximum Gasteiger partial charge on any atom is 0.331 e. The van der Waals surface area contributed by atoms with E-state index in [1.54, 1.807) is 67.6 Å². The van der Waals surface area contributed by atoms with Gasteiger partial charge in [-0.1, -0.05) is 60.7 Å². The Morgan fingerprint density at radius 2 is 1.61 bits per heavy atom. The first-order valence-electron chi connectivity index (χ1n) is 7.36. The van der Waals surface area contributed by atoms with Crippen molar-refractivity contribution in [3.63, 3.8) is 0 Å². The summed E-state index contributed by atoms with van der Waals surface area (Å²) in [5.74, 6) is -0.970. The van der Waals surface area contributed by atoms with E-state index in [0.29, 0.717) is 11.1 Å². The van der Waals surface area contributed by atoms with Crippen LogP contribution in [0.15, 0.2) is 60.7 Å². The molecule has 0 N–H and O–H groups in total. The molecule has 0 radical (unpaired) electrons. The van der Waals surface area contributed by atoms with Crippen LogP contribution in [0.2, 0.25) is 0 Å². The Morgan fingerprint density at radius 3 is 2.13 bits per heavy atom. The number of carbonyl (C=O) groups is 2. The van der Waals surface area contributed by atoms with Crippen LogP contribution in [0.3, 0.4) is 0 Å². The van der Waals surface area contributed by atoms with Gasteiger partial charge < -0.3 is 4.74 Å². The summed E-state index contributed by atoms with van der Waals surface area (Å²) in [6.07, 6.45) is -0.254. The monoisotopic (exact) mass is 307 g/mol. The molecule has 0 bridgehead atoms. The number of hydrogen-bond donors (Lipinski definition) is 0. The Balaban J connectivity index is 2.44. The van der Waals surface area contributed by atoms with Crippen LogP contribution in [0.1, 0.15) is 29.3 Å². The molecule has 0 saturated carbocycles. The molecule has 1 unspecified atom stereocenters. The molecule has 2 aromatic carbocycles. The van der Waals surface area contributed by atoms with Gasteiger partial charge in [0, 0.05) is 12.0 Å². The van der Waals surface area contributed by atoms with E-state index in [0.717, 1.165) is 0 Å². The lowest BCUT2D eigenvalue weighted by molar-refractivity contribution is -0.147. The first-order valence-corrected chi connectivity index (χ1v) is 7.36. The summed E-state index contributed by atoms with van der Waals surface area (Å²) in [7, 11) is 0. The van der Waals surface area contributed by atoms with E-state index in [4.69, 9.17) is 4.74 Å². The summed E-state index contributed by atoms with van der Waals surface area (Å²) in [5.41, 5.74) is -0.706. The number of Topliss-reactive ketones (excluding diaryl/α,β-unsaturated/α-hetero) is 1. The Morgan fingerprint density at radius 1 is 1.04 bits per heavy atom. The fourth-order valence-electron chi connectivity index (χ4n) is 2.39. The predicted octanol–water partition coefficient (Wildman–Crippen LogP) is 3.28. The van der Waals surface area contributed by atoms with Crippen molar-refractivity contribution in [3.8, 4) is 6.07 Å². The number of ketones is 1. The normalized spacial score (nSPS) is 12.7. The number of hydrogen-bond acceptors (Lipinski definition) is 4. The molecule has 0 aliphatic heterocycles. The summed E-state index contributed by atoms with van der Waals surface area (Å²) in [6, 6.07) is 19.2. The van der Waals surface area contributed by atoms with E-state index < -0.39 is 11.4 Å². The molecule has 4 nitrogen and oxygen atoms in total. The Bertz CT molecular complexity index is 719. The van der Waals surface area contributed by atoms with Crippen molar-refractivity contribution < 1.29 is 14.3 Å². The van der Waals surface area contributed by atoms with Gasteiger partial charge in [0.15, 0.2) is 11.2 Å². The maximum atomic E-state index is 12.5. The molecule has 2 rings (SSSR count). The molecule has 23 heavy (non-hydrogen) atoms. The van der Waals surface area contributed by atoms with Crippen LogP contribution < -0.4 is 0 Å². The molecule has 0 heterocycles. The second kappa shape index (κ2) is 7.37. The van der Waals surface area contributed by atoms with E-state index >= 15 is 0 Å². The van der Waals surface area contributed by atoms with Gasteiger partial charge in [-0.05, 0) is 12.5 Å². The molecule has 4 heteroatoms. The highest BCUT2D eigenvalue weighted by Crippen LogP contribution is 2.31. The molecule has 0 aliphatic carbocycles. The summed E-state index contributed by atoms with van der Waals surface area (Å²) in [6.45, 7) is 1.82. The molecule has 2 aromatic rings. The van der Waals surface area contributed by atoms with Crippen LogP contribution in [0.25, 0.3) is 0 Å². The van der Waals surface area contributed by atoms with Crippen LogP contribution in [-0.4, -0.2) is 18.4 Å². The van der Waals surface area contributed by atoms with Gasteiger partial charge in [-0.15, -0.1) is 0 Å². The van der Waals surface area contributed by atoms with E-state index in [1.807, 2.05) is 6.07 Å². The van der Waals surface area contributed by atoms with Gasteiger partial charge in [-0.2, -0.15) is 5.26 Å². The molecular weight excluding hydrogens is 290 g/mol. The first-order chi connectivity index (χ1) is 11.1. The minimum atomic E-state index is -1.63. The van der Waals surface area contributed by atoms with Crippen molar-refractivity contribution in [2.75, 3.05) is 6.61 Å². The van der Waals surface area contributed by atoms with Crippen molar-refractivity contribution in [1.29, 1.82) is 5.26 Å². The average molecular weight is 307 g/mol. The van der Waals surface area contributed by atoms with Crippen molar-refractivity contribution in [1.82, 2.24) is 0 Å². The summed E-state index contributed by atoms with van der Waals surface area (Å²) >= 11 is 0. The van der Waals surface area contributed by atoms with E-state index in [2.05, 4.69) is 0 Å². The van der Waals surface area contributed by atoms with Crippen molar-refractivity contribution >= 4 is 11.8 Å². The standard InChI is InChI=1S/C19H17NO3/c1-2-23-18(22)19(14-20,16-11-7-4-8-12-16)13-17(21)15-9-5-3-6-10-15/h3-12H,2,13H2,1H3. The maximum absolute atomic E-state index is 12.5. The fourth-order valence-corrected chi connectivity index (χ4v) is 2.39. The Labute approximate surface area is 135 Å². The highest BCUT2D eigenvalue weighted by atomic mass is 16.5. The van der Waals surface area contributed by atoms with Gasteiger partial charge in [-0.25, -0.2) is 4.79 Å². The number of nitriles is 1. The Hall–Kier alpha value is -2.93. The highest BCUT2D eigenvalue weighted by Gasteiger charge is 2.44. The Kier molecular flexibility index (Phi) is 5.27. The van der Waals surface area contributed by atoms with E-state index in [9.17, 15) is 14.9 Å². The molecule has 0 saturated heterocycles. The number of carbonyl (C=O) groups excluding carboxylic acids is 2. The lowest BCUT2D eigenvalue weighted by Gasteiger charge is -2.24. The molecule has 0 aliphatic rings. The third kappa shape index (κ3) is 3.46. The minimum absolute atomic E-state index is 0.147. The van der Waals surface area contributed by atoms with Gasteiger partial charge in [-0.3, -0.25) is 4.79 Å². The van der Waals surface area contributed by atoms with Gasteiger partial charge in [0.2, 0.25) is 0 Å². The molecular formula is C19H17NO3. The lowest BCUT2D eigenvalue weighted by Crippen LogP contribution is -2.38. The third-order valence-electron chi connectivity index (χ3n) is 3.60. The zero-order valence-electron chi connectivity index (χ0n) is 12.9. The SMILES string of the molecule is CCOC(=O)C(C#N)(CC(=O)c1ccccc1)c1ccccc1. The zero-order chi connectivity index (χ0) is 16.7. The van der Waals surface area contributed by atoms with Gasteiger partial charge in [0.25, 0.3) is 0 Å². The largest absolute Gasteiger partial charge is 0.465 e. The van der Waals surface area contributed by atoms with Gasteiger partial charge in [0.1, 0.15) is 0 Å².